The third kappa shape index (κ3) is 3.18. The smallest absolute Gasteiger partial charge is 0.246 e. The summed E-state index contributed by atoms with van der Waals surface area (Å²) in [4.78, 5) is -0.797. The normalized spacial score (nSPS) is 11.5. The van der Waals surface area contributed by atoms with Gasteiger partial charge in [-0.05, 0) is 12.1 Å². The van der Waals surface area contributed by atoms with Crippen LogP contribution in [0.1, 0.15) is 0 Å². The van der Waals surface area contributed by atoms with Crippen molar-refractivity contribution in [3.63, 3.8) is 0 Å². The van der Waals surface area contributed by atoms with Gasteiger partial charge in [0.05, 0.1) is 0 Å². The van der Waals surface area contributed by atoms with E-state index in [0.29, 0.717) is 0 Å². The first-order chi connectivity index (χ1) is 8.84. The molecule has 1 aromatic rings. The van der Waals surface area contributed by atoms with Gasteiger partial charge in [-0.3, -0.25) is 0 Å². The fourth-order valence-corrected chi connectivity index (χ4v) is 2.96. The predicted molar refractivity (Wildman–Crippen MR) is 69.9 cm³/mol. The monoisotopic (exact) mass is 288 g/mol. The van der Waals surface area contributed by atoms with Gasteiger partial charge >= 0.3 is 0 Å². The molecule has 0 radical (unpaired) electrons. The maximum atomic E-state index is 13.6. The van der Waals surface area contributed by atoms with Crippen LogP contribution in [0.15, 0.2) is 42.3 Å². The summed E-state index contributed by atoms with van der Waals surface area (Å²) in [6.45, 7) is 6.73. The predicted octanol–water partition coefficient (Wildman–Crippen LogP) is 1.91. The zero-order chi connectivity index (χ0) is 14.6. The average Bonchev–Trinajstić information content (AvgIpc) is 2.33. The minimum absolute atomic E-state index is 0.0514. The molecule has 0 aliphatic rings. The van der Waals surface area contributed by atoms with E-state index in [9.17, 15) is 17.2 Å². The lowest BCUT2D eigenvalue weighted by atomic mass is 10.3. The summed E-state index contributed by atoms with van der Waals surface area (Å²) in [5, 5.41) is 0. The third-order valence-electron chi connectivity index (χ3n) is 2.30. The van der Waals surface area contributed by atoms with E-state index in [0.717, 1.165) is 16.4 Å². The molecule has 0 saturated carbocycles. The topological polar surface area (TPSA) is 63.4 Å². The lowest BCUT2D eigenvalue weighted by Gasteiger charge is -2.19. The van der Waals surface area contributed by atoms with Gasteiger partial charge in [0.25, 0.3) is 0 Å². The summed E-state index contributed by atoms with van der Waals surface area (Å²) in [6, 6.07) is 1.60. The van der Waals surface area contributed by atoms with E-state index in [1.807, 2.05) is 0 Å². The number of benzene rings is 1. The summed E-state index contributed by atoms with van der Waals surface area (Å²) in [5.41, 5.74) is 5.17. The average molecular weight is 288 g/mol. The largest absolute Gasteiger partial charge is 0.399 e. The van der Waals surface area contributed by atoms with Gasteiger partial charge in [0.1, 0.15) is 4.90 Å². The molecule has 0 unspecified atom stereocenters. The standard InChI is InChI=1S/C12H14F2N2O2S/c1-3-5-16(6-4-2)19(17,18)11-8-9(15)7-10(13)12(11)14/h3-4,7-8H,1-2,5-6,15H2. The van der Waals surface area contributed by atoms with Crippen LogP contribution in [0, 0.1) is 11.6 Å². The molecule has 0 bridgehead atoms. The fourth-order valence-electron chi connectivity index (χ4n) is 1.47. The van der Waals surface area contributed by atoms with Crippen LogP contribution in [0.5, 0.6) is 0 Å². The van der Waals surface area contributed by atoms with Crippen molar-refractivity contribution in [2.75, 3.05) is 18.8 Å². The minimum Gasteiger partial charge on any atom is -0.399 e. The molecule has 0 saturated heterocycles. The number of nitrogens with two attached hydrogens (primary N) is 1. The van der Waals surface area contributed by atoms with Crippen molar-refractivity contribution in [3.8, 4) is 0 Å². The number of hydrogen-bond donors (Lipinski definition) is 1. The Morgan fingerprint density at radius 3 is 2.21 bits per heavy atom. The Bertz CT molecular complexity index is 590. The van der Waals surface area contributed by atoms with Crippen LogP contribution < -0.4 is 5.73 Å². The molecule has 0 atom stereocenters. The molecule has 0 fully saturated rings. The van der Waals surface area contributed by atoms with Gasteiger partial charge in [-0.1, -0.05) is 12.2 Å². The first kappa shape index (κ1) is 15.3. The van der Waals surface area contributed by atoms with E-state index in [-0.39, 0.29) is 18.8 Å². The van der Waals surface area contributed by atoms with Crippen LogP contribution >= 0.6 is 0 Å². The maximum absolute atomic E-state index is 13.6. The van der Waals surface area contributed by atoms with Crippen LogP contribution in [0.3, 0.4) is 0 Å². The molecule has 2 N–H and O–H groups in total. The molecule has 4 nitrogen and oxygen atoms in total. The zero-order valence-corrected chi connectivity index (χ0v) is 11.0. The number of sulfonamides is 1. The van der Waals surface area contributed by atoms with Gasteiger partial charge in [0.15, 0.2) is 11.6 Å². The second-order valence-corrected chi connectivity index (χ2v) is 5.62. The van der Waals surface area contributed by atoms with Gasteiger partial charge in [-0.2, -0.15) is 4.31 Å². The van der Waals surface area contributed by atoms with Gasteiger partial charge in [0, 0.05) is 18.8 Å². The molecule has 104 valence electrons. The Kier molecular flexibility index (Phi) is 4.79. The number of nitrogens with zero attached hydrogens (tertiary/aromatic N) is 1. The van der Waals surface area contributed by atoms with Crippen molar-refractivity contribution in [2.24, 2.45) is 0 Å². The van der Waals surface area contributed by atoms with Gasteiger partial charge in [-0.25, -0.2) is 17.2 Å². The Morgan fingerprint density at radius 1 is 1.21 bits per heavy atom. The van der Waals surface area contributed by atoms with E-state index < -0.39 is 26.6 Å². The molecule has 7 heteroatoms. The lowest BCUT2D eigenvalue weighted by Crippen LogP contribution is -2.32. The number of anilines is 1. The van der Waals surface area contributed by atoms with Crippen LogP contribution in [-0.4, -0.2) is 25.8 Å². The van der Waals surface area contributed by atoms with E-state index in [1.54, 1.807) is 0 Å². The fraction of sp³-hybridized carbons (Fsp3) is 0.167. The second kappa shape index (κ2) is 5.94. The Hall–Kier alpha value is -1.73. The van der Waals surface area contributed by atoms with Gasteiger partial charge in [0.2, 0.25) is 10.0 Å². The third-order valence-corrected chi connectivity index (χ3v) is 4.13. The Balaban J connectivity index is 3.40. The summed E-state index contributed by atoms with van der Waals surface area (Å²) in [7, 11) is -4.21. The summed E-state index contributed by atoms with van der Waals surface area (Å²) in [6.07, 6.45) is 2.67. The van der Waals surface area contributed by atoms with Gasteiger partial charge in [-0.15, -0.1) is 13.2 Å². The highest BCUT2D eigenvalue weighted by Gasteiger charge is 2.28. The molecule has 0 aliphatic carbocycles. The Morgan fingerprint density at radius 2 is 1.74 bits per heavy atom. The van der Waals surface area contributed by atoms with E-state index in [2.05, 4.69) is 13.2 Å². The summed E-state index contributed by atoms with van der Waals surface area (Å²) >= 11 is 0. The SMILES string of the molecule is C=CCN(CC=C)S(=O)(=O)c1cc(N)cc(F)c1F. The van der Waals surface area contributed by atoms with Crippen LogP contribution in [0.4, 0.5) is 14.5 Å². The van der Waals surface area contributed by atoms with Crippen molar-refractivity contribution in [1.82, 2.24) is 4.31 Å². The molecule has 1 aromatic carbocycles. The zero-order valence-electron chi connectivity index (χ0n) is 10.1. The van der Waals surface area contributed by atoms with E-state index >= 15 is 0 Å². The van der Waals surface area contributed by atoms with Crippen LogP contribution in [0.25, 0.3) is 0 Å². The highest BCUT2D eigenvalue weighted by atomic mass is 32.2. The minimum atomic E-state index is -4.21. The van der Waals surface area contributed by atoms with Crippen LogP contribution in [0.2, 0.25) is 0 Å². The van der Waals surface area contributed by atoms with Gasteiger partial charge < -0.3 is 5.73 Å². The molecular formula is C12H14F2N2O2S. The maximum Gasteiger partial charge on any atom is 0.246 e. The molecule has 0 spiro atoms. The highest BCUT2D eigenvalue weighted by Crippen LogP contribution is 2.24. The Labute approximate surface area is 110 Å². The molecule has 0 heterocycles. The number of nitrogen functional groups attached to an aromatic ring is 1. The van der Waals surface area contributed by atoms with E-state index in [1.165, 1.54) is 12.2 Å². The first-order valence-corrected chi connectivity index (χ1v) is 6.75. The first-order valence-electron chi connectivity index (χ1n) is 5.31. The summed E-state index contributed by atoms with van der Waals surface area (Å²) in [5.74, 6) is -2.76. The second-order valence-electron chi connectivity index (χ2n) is 3.71. The quantitative estimate of drug-likeness (QED) is 0.642. The molecule has 0 amide bonds. The lowest BCUT2D eigenvalue weighted by molar-refractivity contribution is 0.452. The number of rotatable bonds is 6. The van der Waals surface area contributed by atoms with Crippen molar-refractivity contribution >= 4 is 15.7 Å². The molecule has 0 aromatic heterocycles. The van der Waals surface area contributed by atoms with Crippen molar-refractivity contribution in [1.29, 1.82) is 0 Å². The molecule has 19 heavy (non-hydrogen) atoms. The highest BCUT2D eigenvalue weighted by molar-refractivity contribution is 7.89. The molecular weight excluding hydrogens is 274 g/mol. The summed E-state index contributed by atoms with van der Waals surface area (Å²) < 4.78 is 52.2. The van der Waals surface area contributed by atoms with Crippen molar-refractivity contribution in [2.45, 2.75) is 4.90 Å². The van der Waals surface area contributed by atoms with Crippen LogP contribution in [-0.2, 0) is 10.0 Å². The van der Waals surface area contributed by atoms with Crippen molar-refractivity contribution < 1.29 is 17.2 Å². The van der Waals surface area contributed by atoms with Crippen molar-refractivity contribution in [3.05, 3.63) is 49.1 Å². The molecule has 0 aliphatic heterocycles. The molecule has 1 rings (SSSR count). The number of halogens is 2. The number of hydrogen-bond acceptors (Lipinski definition) is 3. The van der Waals surface area contributed by atoms with E-state index in [4.69, 9.17) is 5.73 Å².